The first-order valence-electron chi connectivity index (χ1n) is 24.9. The minimum atomic E-state index is -0.884. The van der Waals surface area contributed by atoms with Crippen molar-refractivity contribution in [2.24, 2.45) is 32.6 Å². The third-order valence-corrected chi connectivity index (χ3v) is 11.1. The zero-order valence-electron chi connectivity index (χ0n) is 50.8. The van der Waals surface area contributed by atoms with Gasteiger partial charge in [-0.25, -0.2) is 48.3 Å². The van der Waals surface area contributed by atoms with Crippen molar-refractivity contribution in [2.45, 2.75) is 192 Å². The number of halogens is 3. The molecule has 3 rings (SSSR count). The number of aryl methyl sites for hydroxylation is 3. The van der Waals surface area contributed by atoms with Crippen LogP contribution >= 0.6 is 47.8 Å². The van der Waals surface area contributed by atoms with Crippen LogP contribution in [0.4, 0.5) is 28.8 Å². The van der Waals surface area contributed by atoms with E-state index in [9.17, 15) is 38.4 Å². The van der Waals surface area contributed by atoms with E-state index in [2.05, 4.69) is 74.7 Å². The molecule has 7 amide bonds. The first-order valence-corrected chi connectivity index (χ1v) is 27.3. The van der Waals surface area contributed by atoms with Gasteiger partial charge in [-0.05, 0) is 192 Å². The zero-order chi connectivity index (χ0) is 63.9. The van der Waals surface area contributed by atoms with Crippen molar-refractivity contribution in [3.8, 4) is 12.3 Å². The lowest BCUT2D eigenvalue weighted by atomic mass is 10.2. The maximum absolute atomic E-state index is 12.6. The minimum absolute atomic E-state index is 0. The SMILES string of the molecule is C.C#Cc1c(Br)c(CN(C(=O)OC(C)(C)C)C(=O)OC(C)(C)C)nn1C.CCOC(=O)c1c(Br)c(CN(C(=O)OC(C)(C)C)C(=O)OC(C)(C)C)nn1C.CN.Cn1nc(CN(C(=O)OC(C)(C)C)C(=O)OC(C)(C)C)c(Br)c1C(N)=O. The average Bonchev–Trinajstić information content (AvgIpc) is 3.82. The molecule has 0 saturated heterocycles. The number of imide groups is 3. The summed E-state index contributed by atoms with van der Waals surface area (Å²) in [6, 6.07) is 0. The Morgan fingerprint density at radius 3 is 0.915 bits per heavy atom. The predicted molar refractivity (Wildman–Crippen MR) is 316 cm³/mol. The number of terminal acetylenes is 1. The highest BCUT2D eigenvalue weighted by atomic mass is 79.9. The molecule has 0 aliphatic heterocycles. The summed E-state index contributed by atoms with van der Waals surface area (Å²) in [4.78, 5) is 101. The third kappa shape index (κ3) is 26.8. The van der Waals surface area contributed by atoms with Gasteiger partial charge in [0.1, 0.15) is 45.0 Å². The number of esters is 1. The lowest BCUT2D eigenvalue weighted by Gasteiger charge is -2.28. The maximum atomic E-state index is 12.6. The lowest BCUT2D eigenvalue weighted by Crippen LogP contribution is -2.43. The number of carbonyl (C=O) groups excluding carboxylic acids is 8. The van der Waals surface area contributed by atoms with Crippen LogP contribution in [0.25, 0.3) is 0 Å². The Kier molecular flexibility index (Phi) is 29.8. The third-order valence-electron chi connectivity index (χ3n) is 8.61. The highest BCUT2D eigenvalue weighted by Gasteiger charge is 2.37. The quantitative estimate of drug-likeness (QED) is 0.114. The molecule has 0 saturated carbocycles. The molecule has 0 aliphatic carbocycles. The van der Waals surface area contributed by atoms with Crippen LogP contribution in [0.1, 0.15) is 183 Å². The van der Waals surface area contributed by atoms with E-state index in [1.54, 1.807) is 146 Å². The summed E-state index contributed by atoms with van der Waals surface area (Å²) in [5.41, 5.74) is 6.82. The normalized spacial score (nSPS) is 11.4. The standard InChI is InChI=1S/C18H28BrN3O6.C17H24BrN3O4.C16H25BrN4O5.CH5N.CH4/c1-9-26-14(23)13-12(19)11(20-21(13)8)10-22(15(24)27-17(2,3)4)16(25)28-18(5,6)7;1-9-12-13(18)11(19-20(12)8)10-21(14(22)24-16(2,3)4)15(23)25-17(5,6)7;1-15(2,3)25-13(23)21(14(24)26-16(4,5)6)8-9-10(17)11(12(18)22)20(7)19-9;1-2;/h9-10H2,1-8H3;1H,10H2,2-8H3;8H2,1-7H3,(H2,18,22);2H2,1H3;1H4. The fraction of sp³-hybridized carbons (Fsp3) is 0.642. The number of hydrogen-bond donors (Lipinski definition) is 2. The van der Waals surface area contributed by atoms with E-state index in [1.165, 1.54) is 28.1 Å². The molecular formula is C53H86Br3N11O15. The van der Waals surface area contributed by atoms with E-state index in [0.717, 1.165) is 14.7 Å². The van der Waals surface area contributed by atoms with Crippen LogP contribution in [-0.2, 0) is 73.9 Å². The van der Waals surface area contributed by atoms with Gasteiger partial charge in [0.15, 0.2) is 5.69 Å². The number of rotatable bonds is 9. The van der Waals surface area contributed by atoms with Gasteiger partial charge < -0.3 is 44.6 Å². The highest BCUT2D eigenvalue weighted by molar-refractivity contribution is 9.11. The Morgan fingerprint density at radius 2 is 0.707 bits per heavy atom. The average molecular weight is 1360 g/mol. The maximum Gasteiger partial charge on any atom is 0.420 e. The predicted octanol–water partition coefficient (Wildman–Crippen LogP) is 11.0. The number of ether oxygens (including phenoxy) is 7. The van der Waals surface area contributed by atoms with Gasteiger partial charge in [-0.2, -0.15) is 15.3 Å². The molecule has 29 heteroatoms. The molecule has 3 heterocycles. The van der Waals surface area contributed by atoms with Crippen LogP contribution in [0.2, 0.25) is 0 Å². The van der Waals surface area contributed by atoms with Crippen molar-refractivity contribution < 1.29 is 71.5 Å². The van der Waals surface area contributed by atoms with Crippen molar-refractivity contribution in [2.75, 3.05) is 13.7 Å². The van der Waals surface area contributed by atoms with Crippen LogP contribution in [0.15, 0.2) is 13.4 Å². The largest absolute Gasteiger partial charge is 0.461 e. The molecule has 0 aliphatic rings. The van der Waals surface area contributed by atoms with Crippen molar-refractivity contribution in [1.29, 1.82) is 0 Å². The minimum Gasteiger partial charge on any atom is -0.461 e. The fourth-order valence-corrected chi connectivity index (χ4v) is 7.63. The van der Waals surface area contributed by atoms with E-state index in [0.29, 0.717) is 24.8 Å². The molecule has 26 nitrogen and oxygen atoms in total. The molecule has 0 atom stereocenters. The van der Waals surface area contributed by atoms with E-state index < -0.39 is 82.0 Å². The van der Waals surface area contributed by atoms with Crippen molar-refractivity contribution >= 4 is 96.2 Å². The molecule has 4 N–H and O–H groups in total. The summed E-state index contributed by atoms with van der Waals surface area (Å²) in [7, 11) is 6.26. The van der Waals surface area contributed by atoms with E-state index in [1.807, 2.05) is 0 Å². The Morgan fingerprint density at radius 1 is 0.476 bits per heavy atom. The number of carbonyl (C=O) groups is 8. The molecule has 464 valence electrons. The molecule has 0 aromatic carbocycles. The van der Waals surface area contributed by atoms with Crippen LogP contribution in [0, 0.1) is 12.3 Å². The number of hydrogen-bond acceptors (Lipinski definition) is 19. The summed E-state index contributed by atoms with van der Waals surface area (Å²) in [5, 5.41) is 12.6. The highest BCUT2D eigenvalue weighted by Crippen LogP contribution is 2.28. The van der Waals surface area contributed by atoms with Crippen LogP contribution < -0.4 is 11.5 Å². The van der Waals surface area contributed by atoms with Gasteiger partial charge in [0.2, 0.25) is 0 Å². The Balaban J connectivity index is 0. The first kappa shape index (κ1) is 77.8. The second kappa shape index (κ2) is 31.4. The van der Waals surface area contributed by atoms with Gasteiger partial charge in [-0.15, -0.1) is 6.42 Å². The summed E-state index contributed by atoms with van der Waals surface area (Å²) in [6.45, 7) is 31.7. The van der Waals surface area contributed by atoms with Crippen LogP contribution in [0.5, 0.6) is 0 Å². The summed E-state index contributed by atoms with van der Waals surface area (Å²) in [5.74, 6) is 1.23. The van der Waals surface area contributed by atoms with E-state index in [-0.39, 0.29) is 56.4 Å². The number of nitrogens with two attached hydrogens (primary N) is 2. The fourth-order valence-electron chi connectivity index (χ4n) is 5.77. The van der Waals surface area contributed by atoms with Gasteiger partial charge in [0.05, 0.1) is 56.7 Å². The molecule has 0 unspecified atom stereocenters. The van der Waals surface area contributed by atoms with Crippen molar-refractivity contribution in [1.82, 2.24) is 44.0 Å². The number of primary amides is 1. The molecule has 0 fully saturated rings. The number of aromatic nitrogens is 6. The molecular weight excluding hydrogens is 1270 g/mol. The Bertz CT molecular complexity index is 2670. The molecule has 0 bridgehead atoms. The molecule has 0 spiro atoms. The van der Waals surface area contributed by atoms with Crippen LogP contribution in [0.3, 0.4) is 0 Å². The van der Waals surface area contributed by atoms with Crippen molar-refractivity contribution in [3.63, 3.8) is 0 Å². The summed E-state index contributed by atoms with van der Waals surface area (Å²) >= 11 is 9.90. The second-order valence-electron chi connectivity index (χ2n) is 23.1. The van der Waals surface area contributed by atoms with Crippen molar-refractivity contribution in [3.05, 3.63) is 47.6 Å². The molecule has 0 radical (unpaired) electrons. The van der Waals surface area contributed by atoms with Gasteiger partial charge in [0.25, 0.3) is 5.91 Å². The van der Waals surface area contributed by atoms with E-state index in [4.69, 9.17) is 45.3 Å². The van der Waals surface area contributed by atoms with Gasteiger partial charge in [-0.3, -0.25) is 18.8 Å². The molecule has 82 heavy (non-hydrogen) atoms. The summed E-state index contributed by atoms with van der Waals surface area (Å²) < 4.78 is 42.0. The molecule has 3 aromatic rings. The van der Waals surface area contributed by atoms with Gasteiger partial charge in [0, 0.05) is 21.1 Å². The monoisotopic (exact) mass is 1350 g/mol. The van der Waals surface area contributed by atoms with Crippen LogP contribution in [-0.4, -0.2) is 140 Å². The molecule has 3 aromatic heterocycles. The zero-order valence-corrected chi connectivity index (χ0v) is 55.6. The Hall–Kier alpha value is -6.25. The number of nitrogens with zero attached hydrogens (tertiary/aromatic N) is 9. The van der Waals surface area contributed by atoms with Gasteiger partial charge >= 0.3 is 42.5 Å². The topological polar surface area (TPSA) is 316 Å². The lowest BCUT2D eigenvalue weighted by molar-refractivity contribution is -0.00261. The van der Waals surface area contributed by atoms with Gasteiger partial charge in [-0.1, -0.05) is 7.43 Å². The smallest absolute Gasteiger partial charge is 0.420 e. The second-order valence-corrected chi connectivity index (χ2v) is 25.4. The Labute approximate surface area is 507 Å². The summed E-state index contributed by atoms with van der Waals surface area (Å²) in [6.07, 6.45) is 0.284. The first-order chi connectivity index (χ1) is 36.5. The van der Waals surface area contributed by atoms with E-state index >= 15 is 0 Å². The number of amides is 7.